The van der Waals surface area contributed by atoms with Gasteiger partial charge in [-0.2, -0.15) is 4.72 Å². The van der Waals surface area contributed by atoms with Crippen LogP contribution in [0.25, 0.3) is 0 Å². The molecule has 116 valence electrons. The highest BCUT2D eigenvalue weighted by Crippen LogP contribution is 2.18. The van der Waals surface area contributed by atoms with E-state index in [-0.39, 0.29) is 17.1 Å². The summed E-state index contributed by atoms with van der Waals surface area (Å²) in [5, 5.41) is 8.77. The second kappa shape index (κ2) is 6.68. The van der Waals surface area contributed by atoms with Crippen molar-refractivity contribution >= 4 is 22.0 Å². The fourth-order valence-electron chi connectivity index (χ4n) is 1.58. The molecule has 0 fully saturated rings. The Bertz CT molecular complexity index is 653. The first-order valence-electron chi connectivity index (χ1n) is 6.22. The molecule has 0 aromatic heterocycles. The summed E-state index contributed by atoms with van der Waals surface area (Å²) in [6.45, 7) is 4.57. The highest BCUT2D eigenvalue weighted by Gasteiger charge is 2.24. The van der Waals surface area contributed by atoms with Crippen LogP contribution in [0.1, 0.15) is 29.8 Å². The lowest BCUT2D eigenvalue weighted by Crippen LogP contribution is -2.38. The first-order chi connectivity index (χ1) is 9.69. The molecule has 0 unspecified atom stereocenters. The Hall–Kier alpha value is -1.93. The Morgan fingerprint density at radius 2 is 2.00 bits per heavy atom. The van der Waals surface area contributed by atoms with E-state index in [9.17, 15) is 18.0 Å². The number of carbonyl (C=O) groups is 2. The van der Waals surface area contributed by atoms with Crippen LogP contribution in [0.15, 0.2) is 23.1 Å². The van der Waals surface area contributed by atoms with E-state index in [0.717, 1.165) is 0 Å². The van der Waals surface area contributed by atoms with Crippen LogP contribution in [0.5, 0.6) is 0 Å². The summed E-state index contributed by atoms with van der Waals surface area (Å²) >= 11 is 0. The number of benzene rings is 1. The number of carboxylic acids is 1. The van der Waals surface area contributed by atoms with Crippen molar-refractivity contribution in [2.75, 3.05) is 6.61 Å². The maximum absolute atomic E-state index is 12.2. The fourth-order valence-corrected chi connectivity index (χ4v) is 3.04. The van der Waals surface area contributed by atoms with Gasteiger partial charge < -0.3 is 9.84 Å². The van der Waals surface area contributed by atoms with Crippen molar-refractivity contribution in [1.82, 2.24) is 4.72 Å². The molecule has 2 N–H and O–H groups in total. The number of hydrogen-bond donors (Lipinski definition) is 2. The summed E-state index contributed by atoms with van der Waals surface area (Å²) in [5.41, 5.74) is 0.485. The molecule has 0 saturated heterocycles. The molecule has 21 heavy (non-hydrogen) atoms. The van der Waals surface area contributed by atoms with Gasteiger partial charge in [-0.3, -0.25) is 4.79 Å². The van der Waals surface area contributed by atoms with Gasteiger partial charge in [-0.15, -0.1) is 0 Å². The number of sulfonamides is 1. The third-order valence-electron chi connectivity index (χ3n) is 2.69. The zero-order valence-electron chi connectivity index (χ0n) is 11.9. The molecule has 1 atom stereocenters. The summed E-state index contributed by atoms with van der Waals surface area (Å²) in [7, 11) is -4.04. The fraction of sp³-hybridized carbons (Fsp3) is 0.385. The number of carboxylic acid groups (broad SMARTS) is 1. The minimum Gasteiger partial charge on any atom is -0.480 e. The van der Waals surface area contributed by atoms with Crippen molar-refractivity contribution in [3.05, 3.63) is 29.3 Å². The minimum atomic E-state index is -4.04. The molecule has 0 radical (unpaired) electrons. The second-order valence-electron chi connectivity index (χ2n) is 4.38. The number of rotatable bonds is 6. The van der Waals surface area contributed by atoms with Gasteiger partial charge in [-0.1, -0.05) is 6.07 Å². The predicted octanol–water partition coefficient (Wildman–Crippen LogP) is 0.923. The molecule has 8 heteroatoms. The standard InChI is InChI=1S/C13H17NO6S/c1-4-20-13(17)10-6-5-8(2)11(7-10)21(18,19)14-9(3)12(15)16/h5-7,9,14H,4H2,1-3H3,(H,15,16)/t9-/m0/s1. The van der Waals surface area contributed by atoms with Crippen molar-refractivity contribution in [3.63, 3.8) is 0 Å². The molecule has 1 aromatic rings. The van der Waals surface area contributed by atoms with Gasteiger partial charge in [0.1, 0.15) is 6.04 Å². The smallest absolute Gasteiger partial charge is 0.338 e. The van der Waals surface area contributed by atoms with E-state index in [4.69, 9.17) is 9.84 Å². The van der Waals surface area contributed by atoms with Gasteiger partial charge in [-0.25, -0.2) is 13.2 Å². The van der Waals surface area contributed by atoms with E-state index in [2.05, 4.69) is 0 Å². The number of carbonyl (C=O) groups excluding carboxylic acids is 1. The van der Waals surface area contributed by atoms with Crippen LogP contribution in [-0.4, -0.2) is 38.1 Å². The Labute approximate surface area is 123 Å². The minimum absolute atomic E-state index is 0.0887. The van der Waals surface area contributed by atoms with Gasteiger partial charge in [0, 0.05) is 0 Å². The van der Waals surface area contributed by atoms with E-state index in [1.54, 1.807) is 13.8 Å². The molecule has 0 amide bonds. The summed E-state index contributed by atoms with van der Waals surface area (Å²) in [4.78, 5) is 22.2. The molecule has 7 nitrogen and oxygen atoms in total. The van der Waals surface area contributed by atoms with Gasteiger partial charge in [0.15, 0.2) is 0 Å². The van der Waals surface area contributed by atoms with Crippen molar-refractivity contribution in [2.45, 2.75) is 31.7 Å². The lowest BCUT2D eigenvalue weighted by Gasteiger charge is -2.13. The van der Waals surface area contributed by atoms with E-state index in [1.807, 2.05) is 4.72 Å². The third kappa shape index (κ3) is 4.27. The average molecular weight is 315 g/mol. The number of hydrogen-bond acceptors (Lipinski definition) is 5. The van der Waals surface area contributed by atoms with Crippen LogP contribution in [0, 0.1) is 6.92 Å². The van der Waals surface area contributed by atoms with Gasteiger partial charge in [-0.05, 0) is 38.5 Å². The van der Waals surface area contributed by atoms with Crippen LogP contribution in [0.2, 0.25) is 0 Å². The number of esters is 1. The van der Waals surface area contributed by atoms with Crippen LogP contribution in [0.3, 0.4) is 0 Å². The zero-order valence-corrected chi connectivity index (χ0v) is 12.7. The molecular formula is C13H17NO6S. The average Bonchev–Trinajstić information content (AvgIpc) is 2.38. The summed E-state index contributed by atoms with van der Waals surface area (Å²) in [6.07, 6.45) is 0. The largest absolute Gasteiger partial charge is 0.480 e. The molecule has 0 aliphatic heterocycles. The Morgan fingerprint density at radius 1 is 1.38 bits per heavy atom. The third-order valence-corrected chi connectivity index (χ3v) is 4.37. The van der Waals surface area contributed by atoms with E-state index in [1.165, 1.54) is 25.1 Å². The van der Waals surface area contributed by atoms with Crippen molar-refractivity contribution in [1.29, 1.82) is 0 Å². The van der Waals surface area contributed by atoms with Gasteiger partial charge >= 0.3 is 11.9 Å². The van der Waals surface area contributed by atoms with Crippen molar-refractivity contribution < 1.29 is 27.9 Å². The Balaban J connectivity index is 3.19. The lowest BCUT2D eigenvalue weighted by molar-refractivity contribution is -0.138. The van der Waals surface area contributed by atoms with Gasteiger partial charge in [0.05, 0.1) is 17.1 Å². The van der Waals surface area contributed by atoms with E-state index in [0.29, 0.717) is 5.56 Å². The van der Waals surface area contributed by atoms with Crippen molar-refractivity contribution in [3.8, 4) is 0 Å². The zero-order chi connectivity index (χ0) is 16.2. The number of nitrogens with one attached hydrogen (secondary N) is 1. The molecule has 1 rings (SSSR count). The van der Waals surface area contributed by atoms with Crippen LogP contribution in [0.4, 0.5) is 0 Å². The van der Waals surface area contributed by atoms with E-state index < -0.39 is 28.0 Å². The maximum atomic E-state index is 12.2. The monoisotopic (exact) mass is 315 g/mol. The quantitative estimate of drug-likeness (QED) is 0.756. The lowest BCUT2D eigenvalue weighted by atomic mass is 10.1. The molecule has 0 saturated carbocycles. The number of aliphatic carboxylic acids is 1. The molecule has 0 heterocycles. The predicted molar refractivity (Wildman–Crippen MR) is 74.6 cm³/mol. The van der Waals surface area contributed by atoms with Crippen LogP contribution in [-0.2, 0) is 19.6 Å². The molecule has 0 bridgehead atoms. The molecule has 0 aliphatic rings. The summed E-state index contributed by atoms with van der Waals surface area (Å²) < 4.78 is 31.2. The first kappa shape index (κ1) is 17.1. The highest BCUT2D eigenvalue weighted by molar-refractivity contribution is 7.89. The molecule has 1 aromatic carbocycles. The first-order valence-corrected chi connectivity index (χ1v) is 7.70. The summed E-state index contributed by atoms with van der Waals surface area (Å²) in [5.74, 6) is -1.93. The van der Waals surface area contributed by atoms with E-state index >= 15 is 0 Å². The Kier molecular flexibility index (Phi) is 5.45. The SMILES string of the molecule is CCOC(=O)c1ccc(C)c(S(=O)(=O)N[C@@H](C)C(=O)O)c1. The van der Waals surface area contributed by atoms with Crippen molar-refractivity contribution in [2.24, 2.45) is 0 Å². The second-order valence-corrected chi connectivity index (χ2v) is 6.06. The van der Waals surface area contributed by atoms with Gasteiger partial charge in [0.25, 0.3) is 0 Å². The highest BCUT2D eigenvalue weighted by atomic mass is 32.2. The molecule has 0 aliphatic carbocycles. The summed E-state index contributed by atoms with van der Waals surface area (Å²) in [6, 6.07) is 2.81. The number of aryl methyl sites for hydroxylation is 1. The van der Waals surface area contributed by atoms with Crippen LogP contribution >= 0.6 is 0 Å². The Morgan fingerprint density at radius 3 is 2.52 bits per heavy atom. The molecule has 0 spiro atoms. The topological polar surface area (TPSA) is 110 Å². The van der Waals surface area contributed by atoms with Gasteiger partial charge in [0.2, 0.25) is 10.0 Å². The molecular weight excluding hydrogens is 298 g/mol. The van der Waals surface area contributed by atoms with Crippen LogP contribution < -0.4 is 4.72 Å². The number of ether oxygens (including phenoxy) is 1. The normalized spacial score (nSPS) is 12.7. The maximum Gasteiger partial charge on any atom is 0.338 e.